The van der Waals surface area contributed by atoms with Crippen molar-refractivity contribution < 1.29 is 19.5 Å². The van der Waals surface area contributed by atoms with Gasteiger partial charge in [-0.25, -0.2) is 0 Å². The number of carbonyl (C=O) groups excluding carboxylic acids is 3. The molecule has 10 nitrogen and oxygen atoms in total. The second kappa shape index (κ2) is 15.1. The number of nitrogens with zero attached hydrogens (tertiary/aromatic N) is 1. The molecule has 0 spiro atoms. The third-order valence-electron chi connectivity index (χ3n) is 5.74. The van der Waals surface area contributed by atoms with Crippen molar-refractivity contribution in [2.45, 2.75) is 63.8 Å². The molecule has 0 aromatic carbocycles. The number of likely N-dealkylation sites (tertiary alicyclic amines) is 1. The van der Waals surface area contributed by atoms with Gasteiger partial charge in [0.15, 0.2) is 0 Å². The lowest BCUT2D eigenvalue weighted by Gasteiger charge is -2.29. The van der Waals surface area contributed by atoms with Gasteiger partial charge in [-0.05, 0) is 33.2 Å². The Morgan fingerprint density at radius 1 is 1.15 bits per heavy atom. The Balaban J connectivity index is 2.40. The fourth-order valence-electron chi connectivity index (χ4n) is 3.68. The number of hydrogen-bond donors (Lipinski definition) is 6. The highest BCUT2D eigenvalue weighted by molar-refractivity contribution is 5.86. The third-order valence-corrected chi connectivity index (χ3v) is 5.74. The number of aliphatic hydroxyl groups excluding tert-OH is 1. The lowest BCUT2D eigenvalue weighted by molar-refractivity contribution is -0.133. The lowest BCUT2D eigenvalue weighted by atomic mass is 10.1. The van der Waals surface area contributed by atoms with Crippen molar-refractivity contribution in [1.82, 2.24) is 31.5 Å². The number of nitrogens with one attached hydrogen (secondary N) is 5. The Hall–Kier alpha value is -2.85. The first-order chi connectivity index (χ1) is 16.1. The van der Waals surface area contributed by atoms with E-state index in [1.165, 1.54) is 0 Å². The molecule has 1 aliphatic rings. The molecule has 1 aliphatic heterocycles. The number of hydrogen-bond acceptors (Lipinski definition) is 7. The van der Waals surface area contributed by atoms with Crippen molar-refractivity contribution in [3.05, 3.63) is 37.2 Å². The van der Waals surface area contributed by atoms with E-state index in [1.54, 1.807) is 18.9 Å². The van der Waals surface area contributed by atoms with E-state index in [0.29, 0.717) is 18.8 Å². The molecule has 1 fully saturated rings. The van der Waals surface area contributed by atoms with Crippen molar-refractivity contribution in [2.24, 2.45) is 0 Å². The van der Waals surface area contributed by atoms with Crippen LogP contribution in [0, 0.1) is 0 Å². The van der Waals surface area contributed by atoms with Gasteiger partial charge in [-0.1, -0.05) is 26.2 Å². The summed E-state index contributed by atoms with van der Waals surface area (Å²) >= 11 is 0. The minimum atomic E-state index is -0.778. The number of aliphatic hydroxyl groups is 1. The summed E-state index contributed by atoms with van der Waals surface area (Å²) in [6, 6.07) is -0.433. The molecule has 34 heavy (non-hydrogen) atoms. The van der Waals surface area contributed by atoms with Crippen LogP contribution in [0.5, 0.6) is 0 Å². The first-order valence-corrected chi connectivity index (χ1v) is 11.8. The van der Waals surface area contributed by atoms with Crippen LogP contribution in [-0.4, -0.2) is 85.2 Å². The molecule has 0 aromatic heterocycles. The normalized spacial score (nSPS) is 17.8. The molecule has 4 atom stereocenters. The fraction of sp³-hybridized carbons (Fsp3) is 0.625. The summed E-state index contributed by atoms with van der Waals surface area (Å²) in [4.78, 5) is 38.6. The maximum absolute atomic E-state index is 12.7. The summed E-state index contributed by atoms with van der Waals surface area (Å²) in [7, 11) is 1.69. The van der Waals surface area contributed by atoms with Gasteiger partial charge < -0.3 is 36.6 Å². The van der Waals surface area contributed by atoms with Gasteiger partial charge in [-0.3, -0.25) is 14.4 Å². The largest absolute Gasteiger partial charge is 0.391 e. The molecule has 192 valence electrons. The van der Waals surface area contributed by atoms with Crippen molar-refractivity contribution in [2.75, 3.05) is 33.2 Å². The molecule has 0 aliphatic carbocycles. The average molecular weight is 479 g/mol. The van der Waals surface area contributed by atoms with Gasteiger partial charge in [0.05, 0.1) is 37.7 Å². The number of likely N-dealkylation sites (N-methyl/N-ethyl adjacent to an activating group) is 1. The standard InChI is InChI=1S/C24H42N6O4/c1-7-19(8-2)28-18(5)21-10-9-11-30(21)24(34)15-27-23(33)14-26-16(3)17(4)29-22(32)12-20(31)13-25-6/h7,17,19-21,25-26,28,31H,1,3,5,8-15H2,2,4,6H3,(H,27,33)(H,29,32). The Bertz CT molecular complexity index is 741. The van der Waals surface area contributed by atoms with Gasteiger partial charge in [-0.15, -0.1) is 6.58 Å². The summed E-state index contributed by atoms with van der Waals surface area (Å²) < 4.78 is 0. The minimum absolute atomic E-state index is 0.0345. The van der Waals surface area contributed by atoms with Crippen molar-refractivity contribution in [3.63, 3.8) is 0 Å². The van der Waals surface area contributed by atoms with Crippen molar-refractivity contribution in [1.29, 1.82) is 0 Å². The quantitative estimate of drug-likeness (QED) is 0.168. The summed E-state index contributed by atoms with van der Waals surface area (Å²) in [5.41, 5.74) is 1.24. The molecule has 0 bridgehead atoms. The van der Waals surface area contributed by atoms with Crippen molar-refractivity contribution >= 4 is 17.7 Å². The van der Waals surface area contributed by atoms with E-state index in [1.807, 2.05) is 13.0 Å². The van der Waals surface area contributed by atoms with E-state index in [9.17, 15) is 19.5 Å². The summed E-state index contributed by atoms with van der Waals surface area (Å²) in [6.45, 7) is 16.3. The van der Waals surface area contributed by atoms with E-state index in [-0.39, 0.29) is 49.3 Å². The Morgan fingerprint density at radius 3 is 2.47 bits per heavy atom. The maximum atomic E-state index is 12.7. The predicted molar refractivity (Wildman–Crippen MR) is 134 cm³/mol. The zero-order chi connectivity index (χ0) is 25.7. The highest BCUT2D eigenvalue weighted by atomic mass is 16.3. The Labute approximate surface area is 203 Å². The van der Waals surface area contributed by atoms with E-state index in [0.717, 1.165) is 25.0 Å². The minimum Gasteiger partial charge on any atom is -0.391 e. The average Bonchev–Trinajstić information content (AvgIpc) is 3.29. The molecule has 0 radical (unpaired) electrons. The van der Waals surface area contributed by atoms with Crippen LogP contribution in [0.3, 0.4) is 0 Å². The van der Waals surface area contributed by atoms with Crippen LogP contribution in [0.2, 0.25) is 0 Å². The fourth-order valence-corrected chi connectivity index (χ4v) is 3.68. The topological polar surface area (TPSA) is 135 Å². The first-order valence-electron chi connectivity index (χ1n) is 11.8. The van der Waals surface area contributed by atoms with Crippen LogP contribution < -0.4 is 26.6 Å². The number of carbonyl (C=O) groups is 3. The van der Waals surface area contributed by atoms with E-state index >= 15 is 0 Å². The van der Waals surface area contributed by atoms with Crippen LogP contribution in [0.4, 0.5) is 0 Å². The molecular weight excluding hydrogens is 436 g/mol. The van der Waals surface area contributed by atoms with Gasteiger partial charge >= 0.3 is 0 Å². The molecular formula is C24H42N6O4. The van der Waals surface area contributed by atoms with Crippen LogP contribution in [0.1, 0.15) is 39.5 Å². The van der Waals surface area contributed by atoms with Crippen LogP contribution in [0.25, 0.3) is 0 Å². The smallest absolute Gasteiger partial charge is 0.242 e. The third kappa shape index (κ3) is 9.96. The molecule has 4 unspecified atom stereocenters. The molecule has 0 saturated carbocycles. The SMILES string of the molecule is C=CC(CC)NC(=C)C1CCCN1C(=O)CNC(=O)CNC(=C)C(C)NC(=O)CC(O)CNC. The summed E-state index contributed by atoms with van der Waals surface area (Å²) in [5.74, 6) is -0.837. The molecule has 3 amide bonds. The van der Waals surface area contributed by atoms with Gasteiger partial charge in [0.2, 0.25) is 17.7 Å². The van der Waals surface area contributed by atoms with Gasteiger partial charge in [0.1, 0.15) is 0 Å². The van der Waals surface area contributed by atoms with E-state index < -0.39 is 12.1 Å². The molecule has 1 rings (SSSR count). The van der Waals surface area contributed by atoms with E-state index in [4.69, 9.17) is 0 Å². The molecule has 6 N–H and O–H groups in total. The second-order valence-electron chi connectivity index (χ2n) is 8.53. The monoisotopic (exact) mass is 478 g/mol. The molecule has 1 heterocycles. The maximum Gasteiger partial charge on any atom is 0.242 e. The molecule has 1 saturated heterocycles. The Morgan fingerprint density at radius 2 is 1.85 bits per heavy atom. The van der Waals surface area contributed by atoms with Crippen molar-refractivity contribution in [3.8, 4) is 0 Å². The van der Waals surface area contributed by atoms with Gasteiger partial charge in [0, 0.05) is 30.5 Å². The predicted octanol–water partition coefficient (Wildman–Crippen LogP) is -0.260. The zero-order valence-corrected chi connectivity index (χ0v) is 20.8. The lowest BCUT2D eigenvalue weighted by Crippen LogP contribution is -2.47. The highest BCUT2D eigenvalue weighted by Crippen LogP contribution is 2.22. The first kappa shape index (κ1) is 29.2. The molecule has 10 heteroatoms. The van der Waals surface area contributed by atoms with Gasteiger partial charge in [-0.2, -0.15) is 0 Å². The van der Waals surface area contributed by atoms with Gasteiger partial charge in [0.25, 0.3) is 0 Å². The van der Waals surface area contributed by atoms with Crippen LogP contribution in [-0.2, 0) is 14.4 Å². The highest BCUT2D eigenvalue weighted by Gasteiger charge is 2.31. The summed E-state index contributed by atoms with van der Waals surface area (Å²) in [5, 5.41) is 24.0. The van der Waals surface area contributed by atoms with Crippen LogP contribution in [0.15, 0.2) is 37.2 Å². The van der Waals surface area contributed by atoms with E-state index in [2.05, 4.69) is 46.3 Å². The zero-order valence-electron chi connectivity index (χ0n) is 20.8. The number of rotatable bonds is 16. The number of amides is 3. The Kier molecular flexibility index (Phi) is 13.0. The summed E-state index contributed by atoms with van der Waals surface area (Å²) in [6.07, 6.45) is 3.60. The molecule has 0 aromatic rings. The second-order valence-corrected chi connectivity index (χ2v) is 8.53. The van der Waals surface area contributed by atoms with Crippen LogP contribution >= 0.6 is 0 Å².